The van der Waals surface area contributed by atoms with Gasteiger partial charge in [-0.25, -0.2) is 0 Å². The van der Waals surface area contributed by atoms with Crippen molar-refractivity contribution in [3.05, 3.63) is 50.1 Å². The minimum atomic E-state index is 0.181. The lowest BCUT2D eigenvalue weighted by molar-refractivity contribution is 0.461. The second kappa shape index (κ2) is 5.93. The third-order valence-corrected chi connectivity index (χ3v) is 4.31. The van der Waals surface area contributed by atoms with Crippen molar-refractivity contribution < 1.29 is 5.11 Å². The molecule has 0 aliphatic carbocycles. The van der Waals surface area contributed by atoms with Crippen molar-refractivity contribution in [1.29, 1.82) is 0 Å². The normalized spacial score (nSPS) is 12.6. The molecule has 0 aliphatic heterocycles. The van der Waals surface area contributed by atoms with Gasteiger partial charge in [0.1, 0.15) is 5.75 Å². The van der Waals surface area contributed by atoms with E-state index in [1.54, 1.807) is 29.5 Å². The highest BCUT2D eigenvalue weighted by molar-refractivity contribution is 7.16. The molecule has 2 aromatic rings. The largest absolute Gasteiger partial charge is 0.508 e. The van der Waals surface area contributed by atoms with Crippen LogP contribution in [0, 0.1) is 0 Å². The first kappa shape index (κ1) is 13.7. The van der Waals surface area contributed by atoms with Crippen molar-refractivity contribution in [2.45, 2.75) is 19.5 Å². The number of phenols is 1. The smallest absolute Gasteiger partial charge is 0.120 e. The predicted octanol–water partition coefficient (Wildman–Crippen LogP) is 4.61. The number of benzene rings is 1. The average Bonchev–Trinajstić information content (AvgIpc) is 2.77. The van der Waals surface area contributed by atoms with Crippen molar-refractivity contribution >= 4 is 34.5 Å². The molecule has 1 unspecified atom stereocenters. The van der Waals surface area contributed by atoms with Crippen LogP contribution in [0.2, 0.25) is 9.36 Å². The minimum Gasteiger partial charge on any atom is -0.508 e. The Morgan fingerprint density at radius 2 is 2.06 bits per heavy atom. The third-order valence-electron chi connectivity index (χ3n) is 2.66. The zero-order valence-corrected chi connectivity index (χ0v) is 12.1. The van der Waals surface area contributed by atoms with E-state index in [0.717, 1.165) is 9.90 Å². The molecule has 18 heavy (non-hydrogen) atoms. The Balaban J connectivity index is 2.01. The minimum absolute atomic E-state index is 0.181. The van der Waals surface area contributed by atoms with E-state index in [4.69, 9.17) is 23.2 Å². The predicted molar refractivity (Wildman–Crippen MR) is 77.7 cm³/mol. The lowest BCUT2D eigenvalue weighted by Gasteiger charge is -2.13. The molecule has 5 heteroatoms. The average molecular weight is 302 g/mol. The molecule has 1 aromatic carbocycles. The molecule has 0 spiro atoms. The van der Waals surface area contributed by atoms with Crippen LogP contribution in [0.4, 0.5) is 0 Å². The summed E-state index contributed by atoms with van der Waals surface area (Å²) in [5.74, 6) is 0.253. The van der Waals surface area contributed by atoms with E-state index >= 15 is 0 Å². The Labute approximate surface area is 120 Å². The van der Waals surface area contributed by atoms with Gasteiger partial charge in [0.2, 0.25) is 0 Å². The van der Waals surface area contributed by atoms with Crippen LogP contribution in [-0.4, -0.2) is 5.11 Å². The fourth-order valence-corrected chi connectivity index (χ4v) is 2.90. The van der Waals surface area contributed by atoms with Gasteiger partial charge in [-0.1, -0.05) is 23.2 Å². The van der Waals surface area contributed by atoms with Gasteiger partial charge in [-0.15, -0.1) is 11.3 Å². The number of hydrogen-bond acceptors (Lipinski definition) is 3. The number of halogens is 2. The Kier molecular flexibility index (Phi) is 4.51. The highest BCUT2D eigenvalue weighted by Crippen LogP contribution is 2.27. The van der Waals surface area contributed by atoms with Crippen LogP contribution in [0.15, 0.2) is 30.3 Å². The van der Waals surface area contributed by atoms with Crippen molar-refractivity contribution in [2.75, 3.05) is 0 Å². The van der Waals surface area contributed by atoms with Gasteiger partial charge < -0.3 is 10.4 Å². The summed E-state index contributed by atoms with van der Waals surface area (Å²) in [5.41, 5.74) is 0.789. The van der Waals surface area contributed by atoms with Crippen LogP contribution < -0.4 is 5.32 Å². The Morgan fingerprint density at radius 3 is 2.72 bits per heavy atom. The van der Waals surface area contributed by atoms with Crippen molar-refractivity contribution in [3.63, 3.8) is 0 Å². The van der Waals surface area contributed by atoms with Crippen molar-refractivity contribution in [3.8, 4) is 5.75 Å². The van der Waals surface area contributed by atoms with Gasteiger partial charge in [0, 0.05) is 28.0 Å². The van der Waals surface area contributed by atoms with Gasteiger partial charge in [-0.2, -0.15) is 0 Å². The quantitative estimate of drug-likeness (QED) is 0.864. The molecule has 2 N–H and O–H groups in total. The maximum Gasteiger partial charge on any atom is 0.120 e. The SMILES string of the molecule is CC(NCc1cc(Cl)ccc1O)c1ccc(Cl)s1. The molecule has 1 atom stereocenters. The van der Waals surface area contributed by atoms with E-state index in [-0.39, 0.29) is 11.8 Å². The first-order valence-electron chi connectivity index (χ1n) is 5.52. The molecule has 0 aliphatic rings. The molecular formula is C13H13Cl2NOS. The van der Waals surface area contributed by atoms with Crippen LogP contribution in [-0.2, 0) is 6.54 Å². The fourth-order valence-electron chi connectivity index (χ4n) is 1.62. The van der Waals surface area contributed by atoms with Gasteiger partial charge in [-0.3, -0.25) is 0 Å². The zero-order valence-electron chi connectivity index (χ0n) is 9.78. The number of thiophene rings is 1. The number of aromatic hydroxyl groups is 1. The van der Waals surface area contributed by atoms with Crippen LogP contribution >= 0.6 is 34.5 Å². The van der Waals surface area contributed by atoms with Crippen LogP contribution in [0.3, 0.4) is 0 Å². The maximum absolute atomic E-state index is 9.71. The van der Waals surface area contributed by atoms with Crippen molar-refractivity contribution in [2.24, 2.45) is 0 Å². The summed E-state index contributed by atoms with van der Waals surface area (Å²) in [5, 5.41) is 13.7. The lowest BCUT2D eigenvalue weighted by Crippen LogP contribution is -2.17. The molecule has 0 bridgehead atoms. The van der Waals surface area contributed by atoms with E-state index < -0.39 is 0 Å². The summed E-state index contributed by atoms with van der Waals surface area (Å²) < 4.78 is 0.782. The molecule has 2 nitrogen and oxygen atoms in total. The van der Waals surface area contributed by atoms with Crippen LogP contribution in [0.25, 0.3) is 0 Å². The summed E-state index contributed by atoms with van der Waals surface area (Å²) in [6.45, 7) is 2.62. The molecule has 1 aromatic heterocycles. The van der Waals surface area contributed by atoms with Crippen LogP contribution in [0.1, 0.15) is 23.4 Å². The Morgan fingerprint density at radius 1 is 1.28 bits per heavy atom. The fraction of sp³-hybridized carbons (Fsp3) is 0.231. The topological polar surface area (TPSA) is 32.3 Å². The van der Waals surface area contributed by atoms with E-state index in [9.17, 15) is 5.11 Å². The first-order chi connectivity index (χ1) is 8.56. The number of nitrogens with one attached hydrogen (secondary N) is 1. The third kappa shape index (κ3) is 3.39. The standard InChI is InChI=1S/C13H13Cl2NOS/c1-8(12-4-5-13(15)18-12)16-7-9-6-10(14)2-3-11(9)17/h2-6,8,16-17H,7H2,1H3. The summed E-state index contributed by atoms with van der Waals surface area (Å²) in [6, 6.07) is 9.10. The lowest BCUT2D eigenvalue weighted by atomic mass is 10.2. The summed E-state index contributed by atoms with van der Waals surface area (Å²) in [7, 11) is 0. The zero-order chi connectivity index (χ0) is 13.1. The van der Waals surface area contributed by atoms with Gasteiger partial charge >= 0.3 is 0 Å². The molecule has 96 valence electrons. The van der Waals surface area contributed by atoms with Crippen molar-refractivity contribution in [1.82, 2.24) is 5.32 Å². The Hall–Kier alpha value is -0.740. The van der Waals surface area contributed by atoms with Crippen LogP contribution in [0.5, 0.6) is 5.75 Å². The summed E-state index contributed by atoms with van der Waals surface area (Å²) >= 11 is 13.4. The van der Waals surface area contributed by atoms with E-state index in [1.807, 2.05) is 12.1 Å². The molecule has 0 fully saturated rings. The molecule has 0 radical (unpaired) electrons. The molecule has 1 heterocycles. The second-order valence-electron chi connectivity index (χ2n) is 4.02. The first-order valence-corrected chi connectivity index (χ1v) is 7.09. The number of phenolic OH excluding ortho intramolecular Hbond substituents is 1. The van der Waals surface area contributed by atoms with E-state index in [0.29, 0.717) is 11.6 Å². The molecule has 0 amide bonds. The highest BCUT2D eigenvalue weighted by Gasteiger charge is 2.09. The second-order valence-corrected chi connectivity index (χ2v) is 6.20. The highest BCUT2D eigenvalue weighted by atomic mass is 35.5. The van der Waals surface area contributed by atoms with E-state index in [1.165, 1.54) is 4.88 Å². The number of hydrogen-bond donors (Lipinski definition) is 2. The molecular weight excluding hydrogens is 289 g/mol. The molecule has 0 saturated heterocycles. The van der Waals surface area contributed by atoms with E-state index in [2.05, 4.69) is 12.2 Å². The molecule has 0 saturated carbocycles. The maximum atomic E-state index is 9.71. The van der Waals surface area contributed by atoms with Gasteiger partial charge in [0.15, 0.2) is 0 Å². The van der Waals surface area contributed by atoms with Gasteiger partial charge in [-0.05, 0) is 37.3 Å². The Bertz CT molecular complexity index is 542. The number of rotatable bonds is 4. The van der Waals surface area contributed by atoms with Gasteiger partial charge in [0.25, 0.3) is 0 Å². The van der Waals surface area contributed by atoms with Gasteiger partial charge in [0.05, 0.1) is 4.34 Å². The monoisotopic (exact) mass is 301 g/mol. The molecule has 2 rings (SSSR count). The summed E-state index contributed by atoms with van der Waals surface area (Å²) in [6.07, 6.45) is 0. The summed E-state index contributed by atoms with van der Waals surface area (Å²) in [4.78, 5) is 1.17.